The molecular weight excluding hydrogens is 212 g/mol. The lowest BCUT2D eigenvalue weighted by Crippen LogP contribution is -2.42. The average Bonchev–Trinajstić information content (AvgIpc) is 1.99. The quantitative estimate of drug-likeness (QED) is 0.685. The minimum atomic E-state index is -2.20. The predicted octanol–water partition coefficient (Wildman–Crippen LogP) is 2.28. The van der Waals surface area contributed by atoms with Gasteiger partial charge in [-0.3, -0.25) is 4.79 Å². The van der Waals surface area contributed by atoms with E-state index in [1.54, 1.807) is 0 Å². The van der Waals surface area contributed by atoms with E-state index in [9.17, 15) is 4.79 Å². The molecule has 0 saturated carbocycles. The van der Waals surface area contributed by atoms with E-state index in [2.05, 4.69) is 13.1 Å². The lowest BCUT2D eigenvalue weighted by Gasteiger charge is -2.26. The van der Waals surface area contributed by atoms with Crippen molar-refractivity contribution in [2.24, 2.45) is 5.92 Å². The summed E-state index contributed by atoms with van der Waals surface area (Å²) in [6.45, 7) is 11.9. The molecule has 84 valence electrons. The first-order chi connectivity index (χ1) is 6.28. The number of hydrogen-bond acceptors (Lipinski definition) is 3. The summed E-state index contributed by atoms with van der Waals surface area (Å²) in [6, 6.07) is 0. The van der Waals surface area contributed by atoms with Crippen LogP contribution in [0, 0.1) is 5.92 Å². The van der Waals surface area contributed by atoms with Gasteiger partial charge in [-0.1, -0.05) is 13.8 Å². The van der Waals surface area contributed by atoms with Crippen molar-refractivity contribution in [2.45, 2.75) is 46.5 Å². The van der Waals surface area contributed by atoms with Gasteiger partial charge < -0.3 is 8.54 Å². The zero-order valence-electron chi connectivity index (χ0n) is 10.1. The van der Waals surface area contributed by atoms with Gasteiger partial charge in [0.05, 0.1) is 5.92 Å². The van der Waals surface area contributed by atoms with E-state index in [-0.39, 0.29) is 11.9 Å². The highest BCUT2D eigenvalue weighted by Crippen LogP contribution is 2.13. The van der Waals surface area contributed by atoms with Crippen molar-refractivity contribution >= 4 is 23.6 Å². The second-order valence-electron chi connectivity index (χ2n) is 4.30. The summed E-state index contributed by atoms with van der Waals surface area (Å²) < 4.78 is 11.2. The van der Waals surface area contributed by atoms with Crippen LogP contribution in [0.2, 0.25) is 26.2 Å². The van der Waals surface area contributed by atoms with Gasteiger partial charge in [-0.15, -0.1) is 0 Å². The summed E-state index contributed by atoms with van der Waals surface area (Å²) in [7, 11) is -3.31. The van der Waals surface area contributed by atoms with Crippen LogP contribution in [0.3, 0.4) is 0 Å². The molecule has 0 aliphatic rings. The van der Waals surface area contributed by atoms with Crippen LogP contribution in [0.1, 0.15) is 20.3 Å². The van der Waals surface area contributed by atoms with E-state index in [0.717, 1.165) is 6.42 Å². The molecule has 0 aromatic rings. The fraction of sp³-hybridized carbons (Fsp3) is 0.889. The lowest BCUT2D eigenvalue weighted by molar-refractivity contribution is -0.140. The third-order valence-corrected chi connectivity index (χ3v) is 6.73. The number of rotatable bonds is 5. The largest absolute Gasteiger partial charge is 0.495 e. The molecule has 5 heteroatoms. The van der Waals surface area contributed by atoms with E-state index in [0.29, 0.717) is 0 Å². The lowest BCUT2D eigenvalue weighted by atomic mass is 10.1. The molecule has 0 N–H and O–H groups in total. The van der Waals surface area contributed by atoms with E-state index in [4.69, 9.17) is 8.54 Å². The maximum Gasteiger partial charge on any atom is 0.384 e. The van der Waals surface area contributed by atoms with E-state index in [1.807, 2.05) is 26.9 Å². The molecule has 0 aliphatic carbocycles. The first-order valence-electron chi connectivity index (χ1n) is 5.19. The zero-order valence-corrected chi connectivity index (χ0v) is 12.2. The molecule has 0 fully saturated rings. The Bertz CT molecular complexity index is 192. The van der Waals surface area contributed by atoms with Gasteiger partial charge in [-0.05, 0) is 32.6 Å². The molecule has 0 bridgehead atoms. The van der Waals surface area contributed by atoms with Gasteiger partial charge in [0.2, 0.25) is 0 Å². The summed E-state index contributed by atoms with van der Waals surface area (Å²) in [6.07, 6.45) is 0.822. The molecule has 1 unspecified atom stereocenters. The molecule has 3 nitrogen and oxygen atoms in total. The van der Waals surface area contributed by atoms with Gasteiger partial charge in [0.1, 0.15) is 0 Å². The summed E-state index contributed by atoms with van der Waals surface area (Å²) in [5.74, 6) is -0.127. The first-order valence-corrected chi connectivity index (χ1v) is 10.8. The molecule has 0 aromatic heterocycles. The first kappa shape index (κ1) is 13.9. The molecule has 0 amide bonds. The van der Waals surface area contributed by atoms with Gasteiger partial charge in [0, 0.05) is 0 Å². The van der Waals surface area contributed by atoms with Crippen molar-refractivity contribution in [3.8, 4) is 0 Å². The van der Waals surface area contributed by atoms with Crippen molar-refractivity contribution in [3.05, 3.63) is 0 Å². The van der Waals surface area contributed by atoms with Crippen LogP contribution < -0.4 is 0 Å². The Kier molecular flexibility index (Phi) is 5.62. The van der Waals surface area contributed by atoms with Crippen molar-refractivity contribution in [1.29, 1.82) is 0 Å². The fourth-order valence-corrected chi connectivity index (χ4v) is 6.52. The average molecular weight is 234 g/mol. The van der Waals surface area contributed by atoms with Crippen LogP contribution in [0.25, 0.3) is 0 Å². The number of carbonyl (C=O) groups excluding carboxylic acids is 1. The maximum absolute atomic E-state index is 11.5. The van der Waals surface area contributed by atoms with Gasteiger partial charge in [-0.25, -0.2) is 0 Å². The third kappa shape index (κ3) is 5.56. The molecule has 1 atom stereocenters. The Labute approximate surface area is 89.8 Å². The van der Waals surface area contributed by atoms with Crippen molar-refractivity contribution in [3.63, 3.8) is 0 Å². The molecular formula is C9H22O3Si2. The second-order valence-corrected chi connectivity index (χ2v) is 10.3. The molecule has 0 saturated heterocycles. The Morgan fingerprint density at radius 2 is 1.93 bits per heavy atom. The van der Waals surface area contributed by atoms with Crippen LogP contribution >= 0.6 is 0 Å². The topological polar surface area (TPSA) is 35.5 Å². The van der Waals surface area contributed by atoms with Crippen LogP contribution in [-0.4, -0.2) is 23.6 Å². The van der Waals surface area contributed by atoms with Crippen LogP contribution in [0.15, 0.2) is 0 Å². The highest BCUT2D eigenvalue weighted by Gasteiger charge is 2.31. The molecule has 0 rings (SSSR count). The zero-order chi connectivity index (χ0) is 11.4. The van der Waals surface area contributed by atoms with Crippen LogP contribution in [0.5, 0.6) is 0 Å². The Morgan fingerprint density at radius 3 is 2.29 bits per heavy atom. The minimum absolute atomic E-state index is 0.0146. The predicted molar refractivity (Wildman–Crippen MR) is 63.0 cm³/mol. The second kappa shape index (κ2) is 5.67. The molecule has 14 heavy (non-hydrogen) atoms. The van der Waals surface area contributed by atoms with Gasteiger partial charge in [0.25, 0.3) is 5.97 Å². The highest BCUT2D eigenvalue weighted by atomic mass is 28.4. The van der Waals surface area contributed by atoms with Crippen molar-refractivity contribution in [2.75, 3.05) is 0 Å². The van der Waals surface area contributed by atoms with E-state index in [1.165, 1.54) is 0 Å². The summed E-state index contributed by atoms with van der Waals surface area (Å²) in [5, 5.41) is 0. The van der Waals surface area contributed by atoms with Crippen molar-refractivity contribution < 1.29 is 13.3 Å². The third-order valence-electron chi connectivity index (χ3n) is 1.88. The number of carbonyl (C=O) groups is 1. The smallest absolute Gasteiger partial charge is 0.384 e. The molecule has 0 heterocycles. The Balaban J connectivity index is 4.14. The van der Waals surface area contributed by atoms with E-state index < -0.39 is 17.6 Å². The molecule has 0 spiro atoms. The Hall–Kier alpha value is -0.136. The minimum Gasteiger partial charge on any atom is -0.495 e. The highest BCUT2D eigenvalue weighted by molar-refractivity contribution is 6.73. The normalized spacial score (nSPS) is 14.2. The summed E-state index contributed by atoms with van der Waals surface area (Å²) in [4.78, 5) is 11.5. The molecule has 0 aromatic carbocycles. The van der Waals surface area contributed by atoms with E-state index >= 15 is 0 Å². The molecule has 0 aliphatic heterocycles. The van der Waals surface area contributed by atoms with Gasteiger partial charge in [0.15, 0.2) is 9.04 Å². The summed E-state index contributed by atoms with van der Waals surface area (Å²) >= 11 is 0. The monoisotopic (exact) mass is 234 g/mol. The SMILES string of the molecule is CCC(C)C(=O)O[Si](C)(C)O[SiH](C)C. The Morgan fingerprint density at radius 1 is 1.43 bits per heavy atom. The molecule has 0 radical (unpaired) electrons. The van der Waals surface area contributed by atoms with Gasteiger partial charge >= 0.3 is 8.56 Å². The van der Waals surface area contributed by atoms with Crippen LogP contribution in [0.4, 0.5) is 0 Å². The summed E-state index contributed by atoms with van der Waals surface area (Å²) in [5.41, 5.74) is 0. The standard InChI is InChI=1S/C9H22O3Si2/c1-7-8(2)9(10)11-14(5,6)12-13(3)4/h8,13H,7H2,1-6H3. The van der Waals surface area contributed by atoms with Crippen LogP contribution in [-0.2, 0) is 13.3 Å². The number of hydrogen-bond donors (Lipinski definition) is 0. The van der Waals surface area contributed by atoms with Gasteiger partial charge in [-0.2, -0.15) is 0 Å². The maximum atomic E-state index is 11.5. The fourth-order valence-electron chi connectivity index (χ4n) is 1.10. The van der Waals surface area contributed by atoms with Crippen molar-refractivity contribution in [1.82, 2.24) is 0 Å².